The van der Waals surface area contributed by atoms with Gasteiger partial charge < -0.3 is 9.80 Å². The van der Waals surface area contributed by atoms with E-state index in [0.29, 0.717) is 20.9 Å². The summed E-state index contributed by atoms with van der Waals surface area (Å²) in [5, 5.41) is 0. The Balaban J connectivity index is 0.920. The van der Waals surface area contributed by atoms with Crippen molar-refractivity contribution in [3.8, 4) is 0 Å². The Morgan fingerprint density at radius 1 is 0.274 bits per heavy atom. The fraction of sp³-hybridized carbons (Fsp3) is 0.179. The second-order valence-corrected chi connectivity index (χ2v) is 26.7. The van der Waals surface area contributed by atoms with E-state index in [-0.39, 0.29) is 33.2 Å². The van der Waals surface area contributed by atoms with Crippen LogP contribution >= 0.6 is 23.5 Å². The molecule has 416 valence electrons. The van der Waals surface area contributed by atoms with Crippen molar-refractivity contribution >= 4 is 69.2 Å². The molecule has 84 heavy (non-hydrogen) atoms. The van der Waals surface area contributed by atoms with Crippen LogP contribution in [0.4, 0.5) is 34.1 Å². The normalized spacial score (nSPS) is 14.4. The van der Waals surface area contributed by atoms with Crippen LogP contribution in [0, 0.1) is 13.8 Å². The third-order valence-electron chi connectivity index (χ3n) is 17.9. The van der Waals surface area contributed by atoms with Crippen LogP contribution in [0.3, 0.4) is 0 Å². The number of Topliss-reactive ketones (excluding diaryl/α,β-unsaturated/α-hetero) is 2. The molecule has 2 aliphatic heterocycles. The lowest BCUT2D eigenvalue weighted by molar-refractivity contribution is 0.101. The van der Waals surface area contributed by atoms with Gasteiger partial charge in [0.1, 0.15) is 0 Å². The highest BCUT2D eigenvalue weighted by atomic mass is 32.2. The molecule has 0 saturated heterocycles. The van der Waals surface area contributed by atoms with Crippen molar-refractivity contribution in [2.75, 3.05) is 9.80 Å². The summed E-state index contributed by atoms with van der Waals surface area (Å²) >= 11 is 2.87. The lowest BCUT2D eigenvalue weighted by Gasteiger charge is -2.31. The first-order chi connectivity index (χ1) is 40.3. The maximum atomic E-state index is 15.3. The molecule has 4 nitrogen and oxygen atoms in total. The van der Waals surface area contributed by atoms with Gasteiger partial charge in [-0.1, -0.05) is 249 Å². The maximum Gasteiger partial charge on any atom is 0.202 e. The van der Waals surface area contributed by atoms with E-state index in [0.717, 1.165) is 55.0 Å². The Bertz CT molecular complexity index is 3890. The number of fused-ring (bicyclic) bond motifs is 2. The molecule has 2 heterocycles. The van der Waals surface area contributed by atoms with Crippen LogP contribution in [0.2, 0.25) is 0 Å². The van der Waals surface area contributed by atoms with Gasteiger partial charge >= 0.3 is 0 Å². The van der Waals surface area contributed by atoms with E-state index in [1.807, 2.05) is 12.1 Å². The first-order valence-electron chi connectivity index (χ1n) is 29.1. The zero-order valence-electron chi connectivity index (χ0n) is 49.6. The molecule has 0 fully saturated rings. The van der Waals surface area contributed by atoms with Gasteiger partial charge in [-0.25, -0.2) is 0 Å². The highest BCUT2D eigenvalue weighted by Gasteiger charge is 2.39. The molecule has 0 spiro atoms. The topological polar surface area (TPSA) is 40.6 Å². The number of hydrogen-bond donors (Lipinski definition) is 0. The van der Waals surface area contributed by atoms with Gasteiger partial charge in [0.05, 0.1) is 9.81 Å². The lowest BCUT2D eigenvalue weighted by Crippen LogP contribution is -2.20. The van der Waals surface area contributed by atoms with Gasteiger partial charge in [-0.15, -0.1) is 0 Å². The van der Waals surface area contributed by atoms with Crippen LogP contribution in [-0.2, 0) is 21.7 Å². The largest absolute Gasteiger partial charge is 0.310 e. The van der Waals surface area contributed by atoms with Crippen LogP contribution in [0.5, 0.6) is 0 Å². The van der Waals surface area contributed by atoms with Gasteiger partial charge in [0, 0.05) is 76.7 Å². The van der Waals surface area contributed by atoms with Crippen molar-refractivity contribution in [3.63, 3.8) is 0 Å². The van der Waals surface area contributed by atoms with Gasteiger partial charge in [-0.2, -0.15) is 0 Å². The van der Waals surface area contributed by atoms with Crippen molar-refractivity contribution in [1.29, 1.82) is 0 Å². The first kappa shape index (κ1) is 56.1. The summed E-state index contributed by atoms with van der Waals surface area (Å²) in [6, 6.07) is 86.4. The zero-order valence-corrected chi connectivity index (χ0v) is 51.3. The number of anilines is 6. The van der Waals surface area contributed by atoms with Crippen molar-refractivity contribution < 1.29 is 9.59 Å². The number of carbonyl (C=O) groups is 2. The van der Waals surface area contributed by atoms with E-state index >= 15 is 9.59 Å². The summed E-state index contributed by atoms with van der Waals surface area (Å²) in [5.74, 6) is -0.253. The average Bonchev–Trinajstić information content (AvgIpc) is 2.25. The van der Waals surface area contributed by atoms with Crippen LogP contribution in [-0.4, -0.2) is 11.6 Å². The van der Waals surface area contributed by atoms with Gasteiger partial charge in [0.15, 0.2) is 0 Å². The molecule has 0 saturated carbocycles. The lowest BCUT2D eigenvalue weighted by atomic mass is 9.78. The van der Waals surface area contributed by atoms with Crippen molar-refractivity contribution in [2.24, 2.45) is 0 Å². The molecule has 0 aliphatic carbocycles. The Hall–Kier alpha value is -8.42. The third-order valence-corrected chi connectivity index (χ3v) is 20.7. The predicted octanol–water partition coefficient (Wildman–Crippen LogP) is 21.0. The van der Waals surface area contributed by atoms with Gasteiger partial charge in [-0.3, -0.25) is 9.59 Å². The summed E-state index contributed by atoms with van der Waals surface area (Å²) < 4.78 is 0. The number of carbonyl (C=O) groups excluding carboxylic acids is 2. The van der Waals surface area contributed by atoms with Gasteiger partial charge in [0.25, 0.3) is 0 Å². The van der Waals surface area contributed by atoms with Crippen LogP contribution in [0.25, 0.3) is 0 Å². The number of allylic oxidation sites excluding steroid dienone is 2. The first-order valence-corrected chi connectivity index (χ1v) is 30.7. The standard InChI is InChI=1S/C78H70N2O2S2/c1-51-45-65(79(61-41-37-57(38-42-61)75(3,4)53-25-15-11-16-26-53)63-35-23-33-59(47-63)77(7,8)55-29-19-13-20-30-55)49-67-69(81)73(83-71(51)67)74-70(82)68-50-66(46-52(2)72(68)84-74)80(62-43-39-58(40-44-62)76(5,6)54-27-17-12-18-28-54)64-36-24-34-60(48-64)78(9,10)56-31-21-14-22-32-56/h11-50H,1-10H3. The molecule has 0 bridgehead atoms. The summed E-state index contributed by atoms with van der Waals surface area (Å²) in [4.78, 5) is 37.8. The number of hydrogen-bond acceptors (Lipinski definition) is 6. The van der Waals surface area contributed by atoms with E-state index < -0.39 is 0 Å². The molecule has 10 aromatic rings. The minimum atomic E-state index is -0.287. The molecule has 0 atom stereocenters. The monoisotopic (exact) mass is 1130 g/mol. The van der Waals surface area contributed by atoms with Crippen LogP contribution in [0.15, 0.2) is 262 Å². The quantitative estimate of drug-likeness (QED) is 0.101. The van der Waals surface area contributed by atoms with E-state index in [2.05, 4.69) is 310 Å². The van der Waals surface area contributed by atoms with E-state index in [1.165, 1.54) is 68.0 Å². The molecule has 0 N–H and O–H groups in total. The number of thioether (sulfide) groups is 2. The second-order valence-electron chi connectivity index (χ2n) is 24.6. The highest BCUT2D eigenvalue weighted by Crippen LogP contribution is 2.54. The molecule has 2 aliphatic rings. The molecule has 10 aromatic carbocycles. The fourth-order valence-corrected chi connectivity index (χ4v) is 14.7. The predicted molar refractivity (Wildman–Crippen MR) is 353 cm³/mol. The SMILES string of the molecule is Cc1cc(N(c2ccc(C(C)(C)c3ccccc3)cc2)c2cccc(C(C)(C)c3ccccc3)c2)cc2c1SC(=C1Sc3c(C)cc(N(c4ccc(C(C)(C)c5ccccc5)cc4)c4cccc(C(C)(C)c5ccccc5)c4)cc3C1=O)C2=O. The summed E-state index contributed by atoms with van der Waals surface area (Å²) in [6.45, 7) is 22.3. The van der Waals surface area contributed by atoms with E-state index in [1.54, 1.807) is 0 Å². The van der Waals surface area contributed by atoms with Gasteiger partial charge in [-0.05, 0) is 142 Å². The van der Waals surface area contributed by atoms with Gasteiger partial charge in [0.2, 0.25) is 11.6 Å². The average molecular weight is 1130 g/mol. The number of nitrogens with zero attached hydrogens (tertiary/aromatic N) is 2. The van der Waals surface area contributed by atoms with Crippen molar-refractivity contribution in [3.05, 3.63) is 319 Å². The second kappa shape index (κ2) is 22.0. The molecule has 6 heteroatoms. The smallest absolute Gasteiger partial charge is 0.202 e. The minimum absolute atomic E-state index is 0.127. The van der Waals surface area contributed by atoms with Crippen LogP contribution < -0.4 is 9.80 Å². The Morgan fingerprint density at radius 3 is 0.857 bits per heavy atom. The van der Waals surface area contributed by atoms with Crippen molar-refractivity contribution in [1.82, 2.24) is 0 Å². The van der Waals surface area contributed by atoms with Crippen molar-refractivity contribution in [2.45, 2.75) is 101 Å². The Labute approximate surface area is 505 Å². The van der Waals surface area contributed by atoms with Crippen LogP contribution in [0.1, 0.15) is 132 Å². The Kier molecular flexibility index (Phi) is 14.7. The number of ketones is 2. The van der Waals surface area contributed by atoms with E-state index in [9.17, 15) is 0 Å². The minimum Gasteiger partial charge on any atom is -0.310 e. The molecular weight excluding hydrogens is 1060 g/mol. The maximum absolute atomic E-state index is 15.3. The molecule has 0 amide bonds. The molecular formula is C78H70N2O2S2. The third kappa shape index (κ3) is 10.1. The number of benzene rings is 10. The Morgan fingerprint density at radius 2 is 0.548 bits per heavy atom. The molecule has 0 radical (unpaired) electrons. The summed E-state index contributed by atoms with van der Waals surface area (Å²) in [6.07, 6.45) is 0. The number of aryl methyl sites for hydroxylation is 2. The highest BCUT2D eigenvalue weighted by molar-refractivity contribution is 8.08. The van der Waals surface area contributed by atoms with E-state index in [4.69, 9.17) is 0 Å². The fourth-order valence-electron chi connectivity index (χ4n) is 12.3. The molecule has 0 aromatic heterocycles. The molecule has 12 rings (SSSR count). The molecule has 0 unspecified atom stereocenters. The number of rotatable bonds is 14. The summed E-state index contributed by atoms with van der Waals surface area (Å²) in [5.41, 5.74) is 17.5. The summed E-state index contributed by atoms with van der Waals surface area (Å²) in [7, 11) is 0. The zero-order chi connectivity index (χ0) is 58.7.